The molecule has 106 valence electrons. The number of hydrogen-bond acceptors (Lipinski definition) is 3. The zero-order valence-corrected chi connectivity index (χ0v) is 11.9. The summed E-state index contributed by atoms with van der Waals surface area (Å²) in [4.78, 5) is 10.9. The molecule has 0 fully saturated rings. The lowest BCUT2D eigenvalue weighted by Crippen LogP contribution is -2.01. The van der Waals surface area contributed by atoms with Crippen LogP contribution in [-0.2, 0) is 11.2 Å². The Morgan fingerprint density at radius 2 is 2.10 bits per heavy atom. The van der Waals surface area contributed by atoms with E-state index in [0.29, 0.717) is 12.2 Å². The van der Waals surface area contributed by atoms with Gasteiger partial charge in [0.25, 0.3) is 0 Å². The summed E-state index contributed by atoms with van der Waals surface area (Å²) in [6, 6.07) is 3.97. The molecule has 1 aromatic heterocycles. The van der Waals surface area contributed by atoms with Gasteiger partial charge in [0.1, 0.15) is 5.75 Å². The number of nitrogens with zero attached hydrogens (tertiary/aromatic N) is 1. The number of aryl methyl sites for hydroxylation is 2. The van der Waals surface area contributed by atoms with Crippen LogP contribution < -0.4 is 4.74 Å². The van der Waals surface area contributed by atoms with Gasteiger partial charge < -0.3 is 9.84 Å². The second-order valence-corrected chi connectivity index (χ2v) is 4.71. The normalized spacial score (nSPS) is 10.6. The summed E-state index contributed by atoms with van der Waals surface area (Å²) in [6.45, 7) is 6.51. The minimum absolute atomic E-state index is 0.0441. The molecule has 0 radical (unpaired) electrons. The van der Waals surface area contributed by atoms with Crippen molar-refractivity contribution in [2.24, 2.45) is 0 Å². The average molecular weight is 274 g/mol. The van der Waals surface area contributed by atoms with Crippen LogP contribution in [0.5, 0.6) is 5.75 Å². The highest BCUT2D eigenvalue weighted by Crippen LogP contribution is 2.31. The number of H-pyrrole nitrogens is 1. The first-order chi connectivity index (χ1) is 9.52. The lowest BCUT2D eigenvalue weighted by atomic mass is 9.98. The monoisotopic (exact) mass is 274 g/mol. The maximum Gasteiger partial charge on any atom is 0.307 e. The molecule has 0 amide bonds. The quantitative estimate of drug-likeness (QED) is 0.879. The number of aromatic amines is 1. The maximum absolute atomic E-state index is 10.9. The summed E-state index contributed by atoms with van der Waals surface area (Å²) in [5, 5.41) is 15.8. The van der Waals surface area contributed by atoms with Crippen LogP contribution in [0.15, 0.2) is 18.3 Å². The van der Waals surface area contributed by atoms with E-state index in [1.807, 2.05) is 32.9 Å². The fraction of sp³-hybridized carbons (Fsp3) is 0.333. The van der Waals surface area contributed by atoms with Crippen molar-refractivity contribution in [3.8, 4) is 17.0 Å². The van der Waals surface area contributed by atoms with Crippen LogP contribution in [0.4, 0.5) is 0 Å². The Balaban J connectivity index is 2.45. The Morgan fingerprint density at radius 1 is 1.35 bits per heavy atom. The van der Waals surface area contributed by atoms with Gasteiger partial charge in [-0.1, -0.05) is 0 Å². The number of carboxylic acid groups (broad SMARTS) is 1. The zero-order valence-electron chi connectivity index (χ0n) is 11.9. The highest BCUT2D eigenvalue weighted by Gasteiger charge is 2.14. The van der Waals surface area contributed by atoms with E-state index in [-0.39, 0.29) is 6.42 Å². The molecule has 0 atom stereocenters. The van der Waals surface area contributed by atoms with Gasteiger partial charge in [-0.3, -0.25) is 9.89 Å². The van der Waals surface area contributed by atoms with Crippen LogP contribution in [-0.4, -0.2) is 27.9 Å². The SMILES string of the molecule is CCOc1cc(C)c(-c2[nH]ncc2CC(=O)O)cc1C. The molecule has 5 heteroatoms. The first-order valence-electron chi connectivity index (χ1n) is 6.51. The fourth-order valence-corrected chi connectivity index (χ4v) is 2.21. The molecule has 1 heterocycles. The van der Waals surface area contributed by atoms with Crippen molar-refractivity contribution in [2.75, 3.05) is 6.61 Å². The molecule has 0 aliphatic carbocycles. The van der Waals surface area contributed by atoms with Crippen molar-refractivity contribution in [1.82, 2.24) is 10.2 Å². The average Bonchev–Trinajstić information content (AvgIpc) is 2.81. The van der Waals surface area contributed by atoms with E-state index in [1.54, 1.807) is 6.20 Å². The largest absolute Gasteiger partial charge is 0.494 e. The summed E-state index contributed by atoms with van der Waals surface area (Å²) in [5.74, 6) is -0.0130. The Kier molecular flexibility index (Phi) is 4.08. The smallest absolute Gasteiger partial charge is 0.307 e. The number of carbonyl (C=O) groups is 1. The van der Waals surface area contributed by atoms with Crippen molar-refractivity contribution in [3.63, 3.8) is 0 Å². The Bertz CT molecular complexity index is 632. The molecule has 0 bridgehead atoms. The lowest BCUT2D eigenvalue weighted by molar-refractivity contribution is -0.136. The van der Waals surface area contributed by atoms with E-state index in [0.717, 1.165) is 28.1 Å². The van der Waals surface area contributed by atoms with Gasteiger partial charge >= 0.3 is 5.97 Å². The summed E-state index contributed by atoms with van der Waals surface area (Å²) in [7, 11) is 0. The molecular formula is C15H18N2O3. The standard InChI is InChI=1S/C15H18N2O3/c1-4-20-13-6-9(2)12(5-10(13)3)15-11(7-14(18)19)8-16-17-15/h5-6,8H,4,7H2,1-3H3,(H,16,17)(H,18,19). The molecule has 0 unspecified atom stereocenters. The Morgan fingerprint density at radius 3 is 2.75 bits per heavy atom. The number of hydrogen-bond donors (Lipinski definition) is 2. The van der Waals surface area contributed by atoms with E-state index in [1.165, 1.54) is 0 Å². The molecule has 5 nitrogen and oxygen atoms in total. The molecule has 2 aromatic rings. The highest BCUT2D eigenvalue weighted by molar-refractivity contribution is 5.76. The van der Waals surface area contributed by atoms with Crippen LogP contribution in [0.3, 0.4) is 0 Å². The second-order valence-electron chi connectivity index (χ2n) is 4.71. The van der Waals surface area contributed by atoms with E-state index in [4.69, 9.17) is 9.84 Å². The van der Waals surface area contributed by atoms with Gasteiger partial charge in [0, 0.05) is 11.1 Å². The predicted molar refractivity (Wildman–Crippen MR) is 76.0 cm³/mol. The minimum Gasteiger partial charge on any atom is -0.494 e. The molecule has 2 rings (SSSR count). The molecule has 0 aliphatic rings. The van der Waals surface area contributed by atoms with Crippen LogP contribution in [0.25, 0.3) is 11.3 Å². The van der Waals surface area contributed by atoms with E-state index < -0.39 is 5.97 Å². The molecule has 0 spiro atoms. The van der Waals surface area contributed by atoms with Crippen LogP contribution >= 0.6 is 0 Å². The van der Waals surface area contributed by atoms with Crippen molar-refractivity contribution >= 4 is 5.97 Å². The molecule has 1 aromatic carbocycles. The third-order valence-electron chi connectivity index (χ3n) is 3.15. The number of rotatable bonds is 5. The molecular weight excluding hydrogens is 256 g/mol. The number of nitrogens with one attached hydrogen (secondary N) is 1. The van der Waals surface area contributed by atoms with Gasteiger partial charge in [-0.25, -0.2) is 0 Å². The topological polar surface area (TPSA) is 75.2 Å². The van der Waals surface area contributed by atoms with Crippen LogP contribution in [0.1, 0.15) is 23.6 Å². The molecule has 2 N–H and O–H groups in total. The summed E-state index contributed by atoms with van der Waals surface area (Å²) < 4.78 is 5.56. The number of carboxylic acids is 1. The van der Waals surface area contributed by atoms with Gasteiger partial charge in [-0.15, -0.1) is 0 Å². The lowest BCUT2D eigenvalue weighted by Gasteiger charge is -2.12. The molecule has 0 aliphatic heterocycles. The second kappa shape index (κ2) is 5.77. The summed E-state index contributed by atoms with van der Waals surface area (Å²) in [5.41, 5.74) is 4.44. The van der Waals surface area contributed by atoms with E-state index in [9.17, 15) is 4.79 Å². The zero-order chi connectivity index (χ0) is 14.7. The van der Waals surface area contributed by atoms with Gasteiger partial charge in [-0.2, -0.15) is 5.10 Å². The van der Waals surface area contributed by atoms with Crippen LogP contribution in [0.2, 0.25) is 0 Å². The van der Waals surface area contributed by atoms with E-state index in [2.05, 4.69) is 10.2 Å². The van der Waals surface area contributed by atoms with Gasteiger partial charge in [-0.05, 0) is 44.0 Å². The van der Waals surface area contributed by atoms with Crippen molar-refractivity contribution in [1.29, 1.82) is 0 Å². The third kappa shape index (κ3) is 2.82. The van der Waals surface area contributed by atoms with Crippen LogP contribution in [0, 0.1) is 13.8 Å². The number of benzene rings is 1. The van der Waals surface area contributed by atoms with Crippen molar-refractivity contribution in [3.05, 3.63) is 35.0 Å². The van der Waals surface area contributed by atoms with Crippen molar-refractivity contribution < 1.29 is 14.6 Å². The van der Waals surface area contributed by atoms with E-state index >= 15 is 0 Å². The number of ether oxygens (including phenoxy) is 1. The predicted octanol–water partition coefficient (Wildman–Crippen LogP) is 2.72. The van der Waals surface area contributed by atoms with Crippen molar-refractivity contribution in [2.45, 2.75) is 27.2 Å². The highest BCUT2D eigenvalue weighted by atomic mass is 16.5. The number of aromatic nitrogens is 2. The van der Waals surface area contributed by atoms with Gasteiger partial charge in [0.15, 0.2) is 0 Å². The summed E-state index contributed by atoms with van der Waals surface area (Å²) in [6.07, 6.45) is 1.52. The molecule has 0 saturated carbocycles. The first kappa shape index (κ1) is 14.1. The fourth-order valence-electron chi connectivity index (χ4n) is 2.21. The number of aliphatic carboxylic acids is 1. The third-order valence-corrected chi connectivity index (χ3v) is 3.15. The van der Waals surface area contributed by atoms with Gasteiger partial charge in [0.05, 0.1) is 24.9 Å². The van der Waals surface area contributed by atoms with Gasteiger partial charge in [0.2, 0.25) is 0 Å². The Labute approximate surface area is 117 Å². The molecule has 20 heavy (non-hydrogen) atoms. The minimum atomic E-state index is -0.868. The molecule has 0 saturated heterocycles. The first-order valence-corrected chi connectivity index (χ1v) is 6.51. The maximum atomic E-state index is 10.9. The Hall–Kier alpha value is -2.30. The summed E-state index contributed by atoms with van der Waals surface area (Å²) >= 11 is 0.